The summed E-state index contributed by atoms with van der Waals surface area (Å²) in [4.78, 5) is 73.3. The van der Waals surface area contributed by atoms with Crippen LogP contribution in [0.1, 0.15) is 472 Å². The highest BCUT2D eigenvalue weighted by molar-refractivity contribution is 7.47. The molecule has 17 nitrogen and oxygen atoms in total. The van der Waals surface area contributed by atoms with E-state index in [0.29, 0.717) is 25.7 Å². The standard InChI is InChI=1S/C88H172O17P2/c1-7-9-11-13-15-17-19-21-23-25-26-28-32-36-40-46-52-58-64-70-85(90)98-76-83(104-87(92)73-67-61-55-48-42-38-34-30-29-31-35-39-44-50-56-62-68-80(3)4)78-102-106(94,95)100-74-82(89)75-101-107(96,97)103-79-84(77-99-86(91)71-65-59-53-49-43-45-51-57-63-69-81(5)6)105-88(93)72-66-60-54-47-41-37-33-27-24-22-20-18-16-14-12-10-8-2/h80-84,89H,7-79H2,1-6H3,(H,94,95)(H,96,97)/t82-,83-,84-/m1/s1. The fraction of sp³-hybridized carbons (Fsp3) is 0.955. The monoisotopic (exact) mass is 1560 g/mol. The van der Waals surface area contributed by atoms with Crippen LogP contribution in [0.2, 0.25) is 0 Å². The summed E-state index contributed by atoms with van der Waals surface area (Å²) < 4.78 is 69.0. The van der Waals surface area contributed by atoms with E-state index >= 15 is 0 Å². The third-order valence-electron chi connectivity index (χ3n) is 20.7. The molecule has 636 valence electrons. The van der Waals surface area contributed by atoms with Crippen molar-refractivity contribution >= 4 is 39.5 Å². The lowest BCUT2D eigenvalue weighted by Gasteiger charge is -2.21. The van der Waals surface area contributed by atoms with Crippen molar-refractivity contribution in [2.45, 2.75) is 490 Å². The molecule has 0 amide bonds. The fourth-order valence-corrected chi connectivity index (χ4v) is 15.4. The maximum atomic E-state index is 13.2. The average Bonchev–Trinajstić information content (AvgIpc) is 0.904. The molecule has 0 bridgehead atoms. The maximum Gasteiger partial charge on any atom is 0.472 e. The Labute approximate surface area is 658 Å². The third-order valence-corrected chi connectivity index (χ3v) is 22.6. The summed E-state index contributed by atoms with van der Waals surface area (Å²) in [6, 6.07) is 0. The first kappa shape index (κ1) is 105. The summed E-state index contributed by atoms with van der Waals surface area (Å²) in [6.45, 7) is 9.70. The Morgan fingerprint density at radius 1 is 0.252 bits per heavy atom. The number of unbranched alkanes of at least 4 members (excludes halogenated alkanes) is 57. The van der Waals surface area contributed by atoms with Crippen molar-refractivity contribution in [1.82, 2.24) is 0 Å². The molecule has 0 rings (SSSR count). The van der Waals surface area contributed by atoms with Gasteiger partial charge in [-0.15, -0.1) is 0 Å². The van der Waals surface area contributed by atoms with Gasteiger partial charge in [0, 0.05) is 25.7 Å². The van der Waals surface area contributed by atoms with Gasteiger partial charge >= 0.3 is 39.5 Å². The van der Waals surface area contributed by atoms with Crippen LogP contribution in [-0.2, 0) is 65.4 Å². The molecule has 0 saturated carbocycles. The van der Waals surface area contributed by atoms with E-state index in [4.69, 9.17) is 37.0 Å². The van der Waals surface area contributed by atoms with Crippen LogP contribution in [0, 0.1) is 11.8 Å². The molecule has 0 aromatic rings. The maximum absolute atomic E-state index is 13.2. The lowest BCUT2D eigenvalue weighted by atomic mass is 10.0. The molecule has 0 aliphatic carbocycles. The summed E-state index contributed by atoms with van der Waals surface area (Å²) in [5.41, 5.74) is 0. The van der Waals surface area contributed by atoms with Gasteiger partial charge in [0.25, 0.3) is 0 Å². The zero-order valence-corrected chi connectivity index (χ0v) is 72.2. The summed E-state index contributed by atoms with van der Waals surface area (Å²) in [5, 5.41) is 10.7. The van der Waals surface area contributed by atoms with Crippen molar-refractivity contribution < 1.29 is 80.2 Å². The van der Waals surface area contributed by atoms with Crippen LogP contribution in [0.25, 0.3) is 0 Å². The molecule has 0 spiro atoms. The van der Waals surface area contributed by atoms with Crippen molar-refractivity contribution in [1.29, 1.82) is 0 Å². The van der Waals surface area contributed by atoms with Crippen molar-refractivity contribution in [3.05, 3.63) is 0 Å². The van der Waals surface area contributed by atoms with Gasteiger partial charge in [-0.05, 0) is 37.5 Å². The largest absolute Gasteiger partial charge is 0.472 e. The topological polar surface area (TPSA) is 237 Å². The van der Waals surface area contributed by atoms with E-state index in [9.17, 15) is 43.2 Å². The van der Waals surface area contributed by atoms with Crippen molar-refractivity contribution in [3.63, 3.8) is 0 Å². The second-order valence-electron chi connectivity index (χ2n) is 32.6. The molecule has 0 heterocycles. The number of esters is 4. The fourth-order valence-electron chi connectivity index (χ4n) is 13.8. The zero-order valence-electron chi connectivity index (χ0n) is 70.5. The van der Waals surface area contributed by atoms with Gasteiger partial charge < -0.3 is 33.8 Å². The SMILES string of the molecule is CCCCCCCCCCCCCCCCCCCCCC(=O)OC[C@H](COP(=O)(O)OC[C@@H](O)COP(=O)(O)OC[C@@H](COC(=O)CCCCCCCCCCCC(C)C)OC(=O)CCCCCCCCCCCCCCCCCCC)OC(=O)CCCCCCCCCCCCCCCCCCC(C)C. The number of rotatable bonds is 87. The van der Waals surface area contributed by atoms with Gasteiger partial charge in [-0.2, -0.15) is 0 Å². The average molecular weight is 1560 g/mol. The van der Waals surface area contributed by atoms with Crippen LogP contribution in [0.3, 0.4) is 0 Å². The second-order valence-corrected chi connectivity index (χ2v) is 35.5. The number of carbonyl (C=O) groups excluding carboxylic acids is 4. The summed E-state index contributed by atoms with van der Waals surface area (Å²) in [5.74, 6) is -0.545. The molecule has 0 aromatic heterocycles. The van der Waals surface area contributed by atoms with Gasteiger partial charge in [0.15, 0.2) is 12.2 Å². The first-order valence-electron chi connectivity index (χ1n) is 45.5. The molecule has 0 radical (unpaired) electrons. The summed E-state index contributed by atoms with van der Waals surface area (Å²) >= 11 is 0. The van der Waals surface area contributed by atoms with E-state index in [-0.39, 0.29) is 25.7 Å². The lowest BCUT2D eigenvalue weighted by molar-refractivity contribution is -0.161. The molecule has 5 atom stereocenters. The van der Waals surface area contributed by atoms with Crippen molar-refractivity contribution in [3.8, 4) is 0 Å². The van der Waals surface area contributed by atoms with E-state index in [1.807, 2.05) is 0 Å². The Balaban J connectivity index is 5.25. The number of carbonyl (C=O) groups is 4. The van der Waals surface area contributed by atoms with Gasteiger partial charge in [0.05, 0.1) is 26.4 Å². The highest BCUT2D eigenvalue weighted by Gasteiger charge is 2.30. The van der Waals surface area contributed by atoms with Crippen LogP contribution in [0.15, 0.2) is 0 Å². The van der Waals surface area contributed by atoms with Gasteiger partial charge in [-0.25, -0.2) is 9.13 Å². The quantitative estimate of drug-likeness (QED) is 0.0222. The van der Waals surface area contributed by atoms with Crippen molar-refractivity contribution in [2.75, 3.05) is 39.6 Å². The summed E-state index contributed by atoms with van der Waals surface area (Å²) in [6.07, 6.45) is 72.2. The third kappa shape index (κ3) is 81.9. The van der Waals surface area contributed by atoms with Crippen molar-refractivity contribution in [2.24, 2.45) is 11.8 Å². The van der Waals surface area contributed by atoms with Crippen LogP contribution in [0.4, 0.5) is 0 Å². The van der Waals surface area contributed by atoms with Gasteiger partial charge in [0.1, 0.15) is 19.3 Å². The molecule has 3 N–H and O–H groups in total. The minimum Gasteiger partial charge on any atom is -0.462 e. The number of aliphatic hydroxyl groups excluding tert-OH is 1. The minimum atomic E-state index is -4.97. The van der Waals surface area contributed by atoms with E-state index in [1.54, 1.807) is 0 Å². The summed E-state index contributed by atoms with van der Waals surface area (Å²) in [7, 11) is -9.93. The lowest BCUT2D eigenvalue weighted by Crippen LogP contribution is -2.30. The predicted molar refractivity (Wildman–Crippen MR) is 442 cm³/mol. The molecule has 0 saturated heterocycles. The zero-order chi connectivity index (χ0) is 78.5. The first-order valence-corrected chi connectivity index (χ1v) is 48.5. The molecular weight excluding hydrogens is 1390 g/mol. The Hall–Kier alpha value is -1.94. The van der Waals surface area contributed by atoms with E-state index in [0.717, 1.165) is 102 Å². The molecule has 0 aliphatic rings. The highest BCUT2D eigenvalue weighted by atomic mass is 31.2. The van der Waals surface area contributed by atoms with Crippen LogP contribution in [-0.4, -0.2) is 96.7 Å². The molecular formula is C88H172O17P2. The first-order chi connectivity index (χ1) is 51.9. The Bertz CT molecular complexity index is 2050. The Kier molecular flexibility index (Phi) is 77.9. The number of phosphoric ester groups is 2. The van der Waals surface area contributed by atoms with E-state index in [2.05, 4.69) is 41.5 Å². The molecule has 0 aromatic carbocycles. The molecule has 0 fully saturated rings. The molecule has 0 aliphatic heterocycles. The molecule has 107 heavy (non-hydrogen) atoms. The second kappa shape index (κ2) is 79.3. The van der Waals surface area contributed by atoms with Gasteiger partial charge in [-0.3, -0.25) is 37.3 Å². The number of hydrogen-bond acceptors (Lipinski definition) is 15. The predicted octanol–water partition coefficient (Wildman–Crippen LogP) is 27.0. The van der Waals surface area contributed by atoms with Crippen LogP contribution < -0.4 is 0 Å². The van der Waals surface area contributed by atoms with Crippen LogP contribution in [0.5, 0.6) is 0 Å². The normalized spacial score (nSPS) is 13.8. The number of aliphatic hydroxyl groups is 1. The Morgan fingerprint density at radius 2 is 0.430 bits per heavy atom. The number of hydrogen-bond donors (Lipinski definition) is 3. The number of phosphoric acid groups is 2. The minimum absolute atomic E-state index is 0.108. The van der Waals surface area contributed by atoms with E-state index < -0.39 is 97.5 Å². The Morgan fingerprint density at radius 3 is 0.636 bits per heavy atom. The van der Waals surface area contributed by atoms with Gasteiger partial charge in [0.2, 0.25) is 0 Å². The smallest absolute Gasteiger partial charge is 0.462 e. The van der Waals surface area contributed by atoms with Gasteiger partial charge in [-0.1, -0.05) is 420 Å². The van der Waals surface area contributed by atoms with E-state index in [1.165, 1.54) is 289 Å². The van der Waals surface area contributed by atoms with Crippen LogP contribution >= 0.6 is 15.6 Å². The molecule has 19 heteroatoms. The number of ether oxygens (including phenoxy) is 4. The molecule has 2 unspecified atom stereocenters. The highest BCUT2D eigenvalue weighted by Crippen LogP contribution is 2.45.